The van der Waals surface area contributed by atoms with Gasteiger partial charge in [0.15, 0.2) is 0 Å². The second-order valence-electron chi connectivity index (χ2n) is 9.55. The standard InChI is InChI=1S/C24H37N3O3/c1-4-6-21-13-20(11-16(2)30-21)27-14-18-7-5-8-19(15-27)24(18,29-3)17-9-10-26-22(12-17)23(25)28/h9-10,12,16,18-21H,4-8,11,13-15H2,1-3H3,(H2,25,28). The van der Waals surface area contributed by atoms with E-state index in [1.165, 1.54) is 12.8 Å². The molecule has 2 aliphatic heterocycles. The number of piperidine rings is 1. The summed E-state index contributed by atoms with van der Waals surface area (Å²) in [5.41, 5.74) is 6.55. The normalized spacial score (nSPS) is 37.1. The molecule has 2 saturated heterocycles. The minimum atomic E-state index is -0.483. The van der Waals surface area contributed by atoms with Crippen molar-refractivity contribution in [2.75, 3.05) is 20.2 Å². The molecule has 1 saturated carbocycles. The van der Waals surface area contributed by atoms with Gasteiger partial charge in [-0.05, 0) is 56.7 Å². The summed E-state index contributed by atoms with van der Waals surface area (Å²) >= 11 is 0. The topological polar surface area (TPSA) is 77.7 Å². The summed E-state index contributed by atoms with van der Waals surface area (Å²) in [6, 6.07) is 4.47. The van der Waals surface area contributed by atoms with Crippen LogP contribution in [0.25, 0.3) is 0 Å². The van der Waals surface area contributed by atoms with Crippen LogP contribution in [0, 0.1) is 11.8 Å². The van der Waals surface area contributed by atoms with Crippen LogP contribution in [0.2, 0.25) is 0 Å². The van der Waals surface area contributed by atoms with Crippen molar-refractivity contribution in [1.82, 2.24) is 9.88 Å². The van der Waals surface area contributed by atoms with E-state index in [1.54, 1.807) is 6.20 Å². The number of fused-ring (bicyclic) bond motifs is 2. The fourth-order valence-corrected chi connectivity index (χ4v) is 6.52. The summed E-state index contributed by atoms with van der Waals surface area (Å²) < 4.78 is 12.6. The molecule has 5 atom stereocenters. The zero-order chi connectivity index (χ0) is 21.3. The lowest BCUT2D eigenvalue weighted by Crippen LogP contribution is -2.62. The van der Waals surface area contributed by atoms with Crippen molar-refractivity contribution in [2.24, 2.45) is 17.6 Å². The van der Waals surface area contributed by atoms with Crippen molar-refractivity contribution in [2.45, 2.75) is 82.6 Å². The van der Waals surface area contributed by atoms with E-state index in [0.717, 1.165) is 50.8 Å². The number of methoxy groups -OCH3 is 1. The van der Waals surface area contributed by atoms with Crippen molar-refractivity contribution in [3.05, 3.63) is 29.6 Å². The molecule has 1 aliphatic carbocycles. The first-order chi connectivity index (χ1) is 14.5. The van der Waals surface area contributed by atoms with E-state index in [9.17, 15) is 4.79 Å². The fraction of sp³-hybridized carbons (Fsp3) is 0.750. The molecular formula is C24H37N3O3. The number of aromatic nitrogens is 1. The zero-order valence-corrected chi connectivity index (χ0v) is 18.7. The Kier molecular flexibility index (Phi) is 6.47. The lowest BCUT2D eigenvalue weighted by Gasteiger charge is -2.57. The highest BCUT2D eigenvalue weighted by Crippen LogP contribution is 2.52. The van der Waals surface area contributed by atoms with Crippen molar-refractivity contribution in [1.29, 1.82) is 0 Å². The molecule has 0 aromatic carbocycles. The maximum absolute atomic E-state index is 11.7. The van der Waals surface area contributed by atoms with Crippen LogP contribution in [0.1, 0.15) is 74.8 Å². The number of hydrogen-bond donors (Lipinski definition) is 1. The first-order valence-electron chi connectivity index (χ1n) is 11.7. The predicted octanol–water partition coefficient (Wildman–Crippen LogP) is 3.49. The van der Waals surface area contributed by atoms with E-state index >= 15 is 0 Å². The summed E-state index contributed by atoms with van der Waals surface area (Å²) in [5.74, 6) is 0.325. The molecule has 5 unspecified atom stereocenters. The number of likely N-dealkylation sites (tertiary alicyclic amines) is 1. The number of pyridine rings is 1. The second-order valence-corrected chi connectivity index (χ2v) is 9.55. The molecule has 2 bridgehead atoms. The third kappa shape index (κ3) is 3.90. The van der Waals surface area contributed by atoms with Gasteiger partial charge in [-0.25, -0.2) is 0 Å². The first-order valence-corrected chi connectivity index (χ1v) is 11.7. The summed E-state index contributed by atoms with van der Waals surface area (Å²) in [6.07, 6.45) is 10.5. The molecule has 166 valence electrons. The summed E-state index contributed by atoms with van der Waals surface area (Å²) in [7, 11) is 1.83. The number of nitrogens with two attached hydrogens (primary N) is 1. The average molecular weight is 416 g/mol. The maximum atomic E-state index is 11.7. The quantitative estimate of drug-likeness (QED) is 0.769. The molecule has 3 heterocycles. The largest absolute Gasteiger partial charge is 0.375 e. The molecule has 1 aromatic heterocycles. The Labute approximate surface area is 180 Å². The molecule has 3 aliphatic rings. The molecule has 30 heavy (non-hydrogen) atoms. The number of amides is 1. The first kappa shape index (κ1) is 21.7. The Morgan fingerprint density at radius 1 is 1.33 bits per heavy atom. The highest BCUT2D eigenvalue weighted by Gasteiger charge is 2.54. The highest BCUT2D eigenvalue weighted by molar-refractivity contribution is 5.90. The Hall–Kier alpha value is -1.50. The van der Waals surface area contributed by atoms with Gasteiger partial charge >= 0.3 is 0 Å². The van der Waals surface area contributed by atoms with Gasteiger partial charge in [-0.1, -0.05) is 19.8 Å². The lowest BCUT2D eigenvalue weighted by molar-refractivity contribution is -0.183. The van der Waals surface area contributed by atoms with Crippen LogP contribution in [0.3, 0.4) is 0 Å². The minimum absolute atomic E-state index is 0.324. The third-order valence-electron chi connectivity index (χ3n) is 7.72. The Morgan fingerprint density at radius 2 is 2.07 bits per heavy atom. The molecule has 6 heteroatoms. The van der Waals surface area contributed by atoms with Gasteiger partial charge < -0.3 is 15.2 Å². The molecule has 4 rings (SSSR count). The van der Waals surface area contributed by atoms with Crippen LogP contribution in [0.5, 0.6) is 0 Å². The maximum Gasteiger partial charge on any atom is 0.267 e. The van der Waals surface area contributed by atoms with Crippen molar-refractivity contribution in [3.63, 3.8) is 0 Å². The predicted molar refractivity (Wildman–Crippen MR) is 116 cm³/mol. The molecule has 0 spiro atoms. The van der Waals surface area contributed by atoms with Gasteiger partial charge in [-0.3, -0.25) is 14.7 Å². The van der Waals surface area contributed by atoms with Crippen LogP contribution in [0.4, 0.5) is 0 Å². The highest BCUT2D eigenvalue weighted by atomic mass is 16.5. The number of hydrogen-bond acceptors (Lipinski definition) is 5. The van der Waals surface area contributed by atoms with Crippen molar-refractivity contribution < 1.29 is 14.3 Å². The smallest absolute Gasteiger partial charge is 0.267 e. The molecule has 6 nitrogen and oxygen atoms in total. The van der Waals surface area contributed by atoms with Gasteiger partial charge in [0.05, 0.1) is 12.2 Å². The minimum Gasteiger partial charge on any atom is -0.375 e. The van der Waals surface area contributed by atoms with Gasteiger partial charge in [0, 0.05) is 44.3 Å². The average Bonchev–Trinajstić information content (AvgIpc) is 2.72. The van der Waals surface area contributed by atoms with E-state index < -0.39 is 5.91 Å². The van der Waals surface area contributed by atoms with E-state index in [4.69, 9.17) is 15.2 Å². The number of rotatable bonds is 6. The van der Waals surface area contributed by atoms with E-state index in [1.807, 2.05) is 19.2 Å². The summed E-state index contributed by atoms with van der Waals surface area (Å²) in [4.78, 5) is 18.6. The van der Waals surface area contributed by atoms with E-state index in [0.29, 0.717) is 35.8 Å². The van der Waals surface area contributed by atoms with Gasteiger partial charge in [0.25, 0.3) is 5.91 Å². The van der Waals surface area contributed by atoms with Gasteiger partial charge in [0.2, 0.25) is 0 Å². The number of primary amides is 1. The van der Waals surface area contributed by atoms with Gasteiger partial charge in [0.1, 0.15) is 11.3 Å². The summed E-state index contributed by atoms with van der Waals surface area (Å²) in [6.45, 7) is 6.54. The van der Waals surface area contributed by atoms with Crippen LogP contribution < -0.4 is 5.73 Å². The Balaban J connectivity index is 1.60. The molecule has 3 fully saturated rings. The lowest BCUT2D eigenvalue weighted by atomic mass is 9.62. The Morgan fingerprint density at radius 3 is 2.70 bits per heavy atom. The van der Waals surface area contributed by atoms with Crippen LogP contribution in [-0.2, 0) is 15.1 Å². The van der Waals surface area contributed by atoms with E-state index in [2.05, 4.69) is 23.7 Å². The number of carbonyl (C=O) groups excluding carboxylic acids is 1. The monoisotopic (exact) mass is 415 g/mol. The van der Waals surface area contributed by atoms with Crippen LogP contribution in [0.15, 0.2) is 18.3 Å². The van der Waals surface area contributed by atoms with Crippen molar-refractivity contribution in [3.8, 4) is 0 Å². The van der Waals surface area contributed by atoms with Crippen LogP contribution >= 0.6 is 0 Å². The SMILES string of the molecule is CCCC1CC(N2CC3CCCC(C2)C3(OC)c2ccnc(C(N)=O)c2)CC(C)O1. The van der Waals surface area contributed by atoms with E-state index in [-0.39, 0.29) is 5.60 Å². The van der Waals surface area contributed by atoms with Crippen molar-refractivity contribution >= 4 is 5.91 Å². The summed E-state index contributed by atoms with van der Waals surface area (Å²) in [5, 5.41) is 0. The zero-order valence-electron chi connectivity index (χ0n) is 18.7. The third-order valence-corrected chi connectivity index (χ3v) is 7.72. The molecule has 1 aromatic rings. The number of carbonyl (C=O) groups is 1. The molecule has 0 radical (unpaired) electrons. The Bertz CT molecular complexity index is 741. The number of nitrogens with zero attached hydrogens (tertiary/aromatic N) is 2. The fourth-order valence-electron chi connectivity index (χ4n) is 6.52. The van der Waals surface area contributed by atoms with Gasteiger partial charge in [-0.2, -0.15) is 0 Å². The molecular weight excluding hydrogens is 378 g/mol. The van der Waals surface area contributed by atoms with Gasteiger partial charge in [-0.15, -0.1) is 0 Å². The van der Waals surface area contributed by atoms with Crippen LogP contribution in [-0.4, -0.2) is 54.2 Å². The molecule has 2 N–H and O–H groups in total. The number of ether oxygens (including phenoxy) is 2. The molecule has 1 amide bonds. The second kappa shape index (κ2) is 8.93.